The highest BCUT2D eigenvalue weighted by Gasteiger charge is 2.33. The molecule has 1 aliphatic rings. The van der Waals surface area contributed by atoms with Gasteiger partial charge in [-0.1, -0.05) is 11.6 Å². The van der Waals surface area contributed by atoms with Gasteiger partial charge in [0.25, 0.3) is 5.91 Å². The Kier molecular flexibility index (Phi) is 5.59. The second-order valence-electron chi connectivity index (χ2n) is 6.91. The summed E-state index contributed by atoms with van der Waals surface area (Å²) in [7, 11) is -3.36. The van der Waals surface area contributed by atoms with Crippen LogP contribution in [0.3, 0.4) is 0 Å². The van der Waals surface area contributed by atoms with Crippen LogP contribution in [0.2, 0.25) is 5.02 Å². The predicted octanol–water partition coefficient (Wildman–Crippen LogP) is 3.31. The third-order valence-corrected chi connectivity index (χ3v) is 6.26. The van der Waals surface area contributed by atoms with Gasteiger partial charge in [0, 0.05) is 23.3 Å². The summed E-state index contributed by atoms with van der Waals surface area (Å²) in [5.74, 6) is -1.75. The van der Waals surface area contributed by atoms with E-state index in [1.165, 1.54) is 29.2 Å². The molecule has 1 amide bonds. The van der Waals surface area contributed by atoms with E-state index in [0.717, 1.165) is 17.0 Å². The number of alkyl halides is 3. The van der Waals surface area contributed by atoms with E-state index in [-0.39, 0.29) is 34.3 Å². The van der Waals surface area contributed by atoms with Crippen LogP contribution in [0, 0.1) is 0 Å². The fourth-order valence-electron chi connectivity index (χ4n) is 3.21. The Bertz CT molecular complexity index is 1280. The number of carbonyl (C=O) groups is 1. The van der Waals surface area contributed by atoms with Gasteiger partial charge in [0.05, 0.1) is 23.3 Å². The molecule has 0 bridgehead atoms. The maximum atomic E-state index is 12.9. The van der Waals surface area contributed by atoms with Crippen molar-refractivity contribution in [3.63, 3.8) is 0 Å². The molecule has 0 N–H and O–H groups in total. The molecular formula is C19H14ClF3N4O4S. The Labute approximate surface area is 185 Å². The van der Waals surface area contributed by atoms with Crippen molar-refractivity contribution in [1.82, 2.24) is 19.7 Å². The lowest BCUT2D eigenvalue weighted by Gasteiger charge is -2.12. The van der Waals surface area contributed by atoms with Crippen LogP contribution in [0.4, 0.5) is 13.2 Å². The van der Waals surface area contributed by atoms with Crippen LogP contribution in [-0.2, 0) is 9.84 Å². The molecule has 0 aliphatic carbocycles. The molecule has 2 aromatic heterocycles. The molecule has 1 saturated heterocycles. The van der Waals surface area contributed by atoms with Gasteiger partial charge >= 0.3 is 6.36 Å². The lowest BCUT2D eigenvalue weighted by Crippen LogP contribution is -2.29. The zero-order valence-electron chi connectivity index (χ0n) is 16.1. The molecule has 0 saturated carbocycles. The van der Waals surface area contributed by atoms with Crippen LogP contribution < -0.4 is 4.74 Å². The Morgan fingerprint density at radius 2 is 1.97 bits per heavy atom. The molecule has 1 fully saturated rings. The number of hydrogen-bond donors (Lipinski definition) is 0. The molecule has 168 valence electrons. The van der Waals surface area contributed by atoms with Gasteiger partial charge in [0.2, 0.25) is 0 Å². The Hall–Kier alpha value is -3.12. The first-order valence-electron chi connectivity index (χ1n) is 9.08. The summed E-state index contributed by atoms with van der Waals surface area (Å²) in [5.41, 5.74) is 0.771. The number of aromatic nitrogens is 3. The molecule has 0 spiro atoms. The number of halogens is 4. The Morgan fingerprint density at radius 3 is 2.59 bits per heavy atom. The summed E-state index contributed by atoms with van der Waals surface area (Å²) in [6, 6.07) is 8.11. The number of benzene rings is 1. The fraction of sp³-hybridized carbons (Fsp3) is 0.211. The first kappa shape index (κ1) is 22.1. The second kappa shape index (κ2) is 8.10. The summed E-state index contributed by atoms with van der Waals surface area (Å²) in [4.78, 5) is 18.0. The number of pyridine rings is 1. The minimum Gasteiger partial charge on any atom is -0.406 e. The van der Waals surface area contributed by atoms with E-state index < -0.39 is 33.7 Å². The average molecular weight is 487 g/mol. The second-order valence-corrected chi connectivity index (χ2v) is 9.50. The van der Waals surface area contributed by atoms with E-state index in [4.69, 9.17) is 11.6 Å². The van der Waals surface area contributed by atoms with Crippen LogP contribution in [0.5, 0.6) is 5.75 Å². The van der Waals surface area contributed by atoms with Gasteiger partial charge in [-0.3, -0.25) is 9.78 Å². The molecular weight excluding hydrogens is 473 g/mol. The molecule has 3 aromatic rings. The Morgan fingerprint density at radius 1 is 1.19 bits per heavy atom. The molecule has 0 atom stereocenters. The molecule has 32 heavy (non-hydrogen) atoms. The van der Waals surface area contributed by atoms with Gasteiger partial charge in [-0.25, -0.2) is 13.1 Å². The third kappa shape index (κ3) is 4.86. The summed E-state index contributed by atoms with van der Waals surface area (Å²) >= 11 is 6.00. The Balaban J connectivity index is 1.80. The molecule has 4 rings (SSSR count). The molecule has 8 nitrogen and oxygen atoms in total. The largest absolute Gasteiger partial charge is 0.573 e. The van der Waals surface area contributed by atoms with Crippen molar-refractivity contribution in [2.75, 3.05) is 18.2 Å². The predicted molar refractivity (Wildman–Crippen MR) is 108 cm³/mol. The minimum absolute atomic E-state index is 0.0248. The van der Waals surface area contributed by atoms with Crippen LogP contribution in [-0.4, -0.2) is 58.5 Å². The summed E-state index contributed by atoms with van der Waals surface area (Å²) < 4.78 is 66.9. The van der Waals surface area contributed by atoms with Crippen LogP contribution in [0.25, 0.3) is 16.9 Å². The van der Waals surface area contributed by atoms with Crippen molar-refractivity contribution >= 4 is 27.3 Å². The maximum Gasteiger partial charge on any atom is 0.573 e. The SMILES string of the molecule is O=C(c1cc(-c2cc(Cl)cc(OC(F)(F)F)c2)n(-c2cccnc2)n1)N1CCS(=O)(=O)C1. The topological polar surface area (TPSA) is 94.4 Å². The van der Waals surface area contributed by atoms with Gasteiger partial charge in [-0.05, 0) is 36.4 Å². The quantitative estimate of drug-likeness (QED) is 0.561. The molecule has 1 aromatic carbocycles. The fourth-order valence-corrected chi connectivity index (χ4v) is 4.78. The lowest BCUT2D eigenvalue weighted by atomic mass is 10.1. The van der Waals surface area contributed by atoms with E-state index >= 15 is 0 Å². The summed E-state index contributed by atoms with van der Waals surface area (Å²) in [6.45, 7) is 0.0248. The van der Waals surface area contributed by atoms with Gasteiger partial charge < -0.3 is 9.64 Å². The van der Waals surface area contributed by atoms with E-state index in [2.05, 4.69) is 14.8 Å². The van der Waals surface area contributed by atoms with Crippen LogP contribution in [0.15, 0.2) is 48.8 Å². The summed E-state index contributed by atoms with van der Waals surface area (Å²) in [6.07, 6.45) is -1.96. The summed E-state index contributed by atoms with van der Waals surface area (Å²) in [5, 5.41) is 4.24. The molecule has 0 unspecified atom stereocenters. The number of rotatable bonds is 4. The van der Waals surface area contributed by atoms with Crippen molar-refractivity contribution in [2.24, 2.45) is 0 Å². The van der Waals surface area contributed by atoms with Crippen molar-refractivity contribution in [2.45, 2.75) is 6.36 Å². The molecule has 3 heterocycles. The average Bonchev–Trinajstić information content (AvgIpc) is 3.30. The van der Waals surface area contributed by atoms with Crippen molar-refractivity contribution < 1.29 is 31.1 Å². The number of nitrogens with zero attached hydrogens (tertiary/aromatic N) is 4. The molecule has 13 heteroatoms. The highest BCUT2D eigenvalue weighted by atomic mass is 35.5. The van der Waals surface area contributed by atoms with Gasteiger partial charge in [0.15, 0.2) is 15.5 Å². The van der Waals surface area contributed by atoms with E-state index in [1.807, 2.05) is 0 Å². The first-order valence-corrected chi connectivity index (χ1v) is 11.3. The van der Waals surface area contributed by atoms with E-state index in [1.54, 1.807) is 12.1 Å². The third-order valence-electron chi connectivity index (χ3n) is 4.53. The highest BCUT2D eigenvalue weighted by Crippen LogP contribution is 2.33. The van der Waals surface area contributed by atoms with Gasteiger partial charge in [-0.2, -0.15) is 5.10 Å². The number of ether oxygens (including phenoxy) is 1. The van der Waals surface area contributed by atoms with Crippen LogP contribution >= 0.6 is 11.6 Å². The zero-order valence-corrected chi connectivity index (χ0v) is 17.7. The zero-order chi connectivity index (χ0) is 23.1. The smallest absolute Gasteiger partial charge is 0.406 e. The molecule has 1 aliphatic heterocycles. The van der Waals surface area contributed by atoms with E-state index in [0.29, 0.717) is 5.69 Å². The van der Waals surface area contributed by atoms with Gasteiger partial charge in [-0.15, -0.1) is 13.2 Å². The number of amides is 1. The number of carbonyl (C=O) groups excluding carboxylic acids is 1. The normalized spacial score (nSPS) is 15.7. The van der Waals surface area contributed by atoms with Crippen molar-refractivity contribution in [3.05, 3.63) is 59.5 Å². The standard InChI is InChI=1S/C19H14ClF3N4O4S/c20-13-6-12(7-15(8-13)31-19(21,22)23)17-9-16(18(28)26-4-5-32(29,30)11-26)25-27(17)14-2-1-3-24-10-14/h1-3,6-10H,4-5,11H2. The maximum absolute atomic E-state index is 12.9. The first-order chi connectivity index (χ1) is 15.0. The van der Waals surface area contributed by atoms with Crippen molar-refractivity contribution in [3.8, 4) is 22.7 Å². The van der Waals surface area contributed by atoms with Crippen molar-refractivity contribution in [1.29, 1.82) is 0 Å². The molecule has 0 radical (unpaired) electrons. The number of sulfone groups is 1. The van der Waals surface area contributed by atoms with Gasteiger partial charge in [0.1, 0.15) is 11.6 Å². The number of hydrogen-bond acceptors (Lipinski definition) is 6. The monoisotopic (exact) mass is 486 g/mol. The lowest BCUT2D eigenvalue weighted by molar-refractivity contribution is -0.274. The van der Waals surface area contributed by atoms with Crippen LogP contribution in [0.1, 0.15) is 10.5 Å². The van der Waals surface area contributed by atoms with E-state index in [9.17, 15) is 26.4 Å². The highest BCUT2D eigenvalue weighted by molar-refractivity contribution is 7.91. The minimum atomic E-state index is -4.92.